The van der Waals surface area contributed by atoms with Crippen LogP contribution in [0.15, 0.2) is 0 Å². The Morgan fingerprint density at radius 3 is 2.78 bits per heavy atom. The van der Waals surface area contributed by atoms with E-state index in [1.807, 2.05) is 25.6 Å². The molecule has 1 heterocycles. The van der Waals surface area contributed by atoms with Crippen LogP contribution in [0.1, 0.15) is 33.6 Å². The fourth-order valence-electron chi connectivity index (χ4n) is 2.08. The lowest BCUT2D eigenvalue weighted by Crippen LogP contribution is -2.42. The van der Waals surface area contributed by atoms with Crippen LogP contribution in [0.4, 0.5) is 0 Å². The molecule has 0 spiro atoms. The average molecular weight is 275 g/mol. The summed E-state index contributed by atoms with van der Waals surface area (Å²) in [7, 11) is 1.44. The first kappa shape index (κ1) is 15.8. The van der Waals surface area contributed by atoms with Crippen LogP contribution in [-0.4, -0.2) is 48.9 Å². The second-order valence-corrected chi connectivity index (χ2v) is 6.31. The minimum atomic E-state index is -0.194. The van der Waals surface area contributed by atoms with Crippen molar-refractivity contribution in [2.24, 2.45) is 0 Å². The molecule has 1 fully saturated rings. The van der Waals surface area contributed by atoms with E-state index in [1.54, 1.807) is 0 Å². The molecule has 1 aliphatic rings. The van der Waals surface area contributed by atoms with Gasteiger partial charge in [-0.2, -0.15) is 11.8 Å². The number of hydrogen-bond acceptors (Lipinski definition) is 5. The molecule has 0 amide bonds. The van der Waals surface area contributed by atoms with Crippen molar-refractivity contribution in [1.82, 2.24) is 5.32 Å². The van der Waals surface area contributed by atoms with Gasteiger partial charge in [-0.25, -0.2) is 0 Å². The minimum absolute atomic E-state index is 0.167. The average Bonchev–Trinajstić information content (AvgIpc) is 2.72. The smallest absolute Gasteiger partial charge is 0.322 e. The van der Waals surface area contributed by atoms with Crippen LogP contribution in [0.2, 0.25) is 0 Å². The lowest BCUT2D eigenvalue weighted by Gasteiger charge is -2.20. The molecule has 3 unspecified atom stereocenters. The SMILES string of the molecule is COC(=O)C(CCSC1CCOC1C)NC(C)C. The van der Waals surface area contributed by atoms with Crippen LogP contribution >= 0.6 is 11.8 Å². The lowest BCUT2D eigenvalue weighted by atomic mass is 10.2. The van der Waals surface area contributed by atoms with Crippen LogP contribution in [0, 0.1) is 0 Å². The Labute approximate surface area is 114 Å². The summed E-state index contributed by atoms with van der Waals surface area (Å²) >= 11 is 1.90. The normalized spacial score (nSPS) is 25.4. The number of carbonyl (C=O) groups excluding carboxylic acids is 1. The molecule has 1 aliphatic heterocycles. The number of esters is 1. The van der Waals surface area contributed by atoms with Crippen LogP contribution in [0.3, 0.4) is 0 Å². The number of thioether (sulfide) groups is 1. The molecule has 106 valence electrons. The van der Waals surface area contributed by atoms with E-state index in [4.69, 9.17) is 9.47 Å². The maximum Gasteiger partial charge on any atom is 0.322 e. The Morgan fingerprint density at radius 2 is 2.28 bits per heavy atom. The first-order valence-electron chi connectivity index (χ1n) is 6.61. The fourth-order valence-corrected chi connectivity index (χ4v) is 3.37. The van der Waals surface area contributed by atoms with E-state index in [9.17, 15) is 4.79 Å². The molecule has 0 aliphatic carbocycles. The van der Waals surface area contributed by atoms with Crippen molar-refractivity contribution in [2.75, 3.05) is 19.5 Å². The van der Waals surface area contributed by atoms with Crippen LogP contribution < -0.4 is 5.32 Å². The highest BCUT2D eigenvalue weighted by Gasteiger charge is 2.26. The summed E-state index contributed by atoms with van der Waals surface area (Å²) in [6, 6.07) is 0.0907. The van der Waals surface area contributed by atoms with E-state index in [0.717, 1.165) is 25.2 Å². The Morgan fingerprint density at radius 1 is 1.56 bits per heavy atom. The Bertz CT molecular complexity index is 261. The van der Waals surface area contributed by atoms with E-state index in [0.29, 0.717) is 11.4 Å². The van der Waals surface area contributed by atoms with E-state index in [-0.39, 0.29) is 18.1 Å². The molecule has 1 N–H and O–H groups in total. The van der Waals surface area contributed by atoms with Crippen molar-refractivity contribution in [1.29, 1.82) is 0 Å². The summed E-state index contributed by atoms with van der Waals surface area (Å²) in [5.74, 6) is 0.790. The van der Waals surface area contributed by atoms with Gasteiger partial charge in [-0.1, -0.05) is 13.8 Å². The number of methoxy groups -OCH3 is 1. The van der Waals surface area contributed by atoms with Gasteiger partial charge in [0.05, 0.1) is 13.2 Å². The van der Waals surface area contributed by atoms with Crippen molar-refractivity contribution in [2.45, 2.75) is 57.1 Å². The van der Waals surface area contributed by atoms with Gasteiger partial charge < -0.3 is 14.8 Å². The fraction of sp³-hybridized carbons (Fsp3) is 0.923. The Balaban J connectivity index is 2.30. The predicted molar refractivity (Wildman–Crippen MR) is 75.0 cm³/mol. The number of hydrogen-bond donors (Lipinski definition) is 1. The van der Waals surface area contributed by atoms with Crippen LogP contribution in [0.25, 0.3) is 0 Å². The molecule has 3 atom stereocenters. The highest BCUT2D eigenvalue weighted by atomic mass is 32.2. The molecule has 4 nitrogen and oxygen atoms in total. The topological polar surface area (TPSA) is 47.6 Å². The highest BCUT2D eigenvalue weighted by molar-refractivity contribution is 7.99. The molecule has 0 aromatic heterocycles. The number of nitrogens with one attached hydrogen (secondary N) is 1. The summed E-state index contributed by atoms with van der Waals surface area (Å²) in [6.07, 6.45) is 2.26. The first-order valence-corrected chi connectivity index (χ1v) is 7.66. The Hall–Kier alpha value is -0.260. The summed E-state index contributed by atoms with van der Waals surface area (Å²) in [5.41, 5.74) is 0. The van der Waals surface area contributed by atoms with E-state index >= 15 is 0 Å². The monoisotopic (exact) mass is 275 g/mol. The molecule has 1 saturated heterocycles. The van der Waals surface area contributed by atoms with E-state index in [2.05, 4.69) is 12.2 Å². The van der Waals surface area contributed by atoms with E-state index in [1.165, 1.54) is 7.11 Å². The third kappa shape index (κ3) is 5.16. The highest BCUT2D eigenvalue weighted by Crippen LogP contribution is 2.26. The van der Waals surface area contributed by atoms with Crippen molar-refractivity contribution < 1.29 is 14.3 Å². The van der Waals surface area contributed by atoms with Gasteiger partial charge in [0.2, 0.25) is 0 Å². The number of ether oxygens (including phenoxy) is 2. The van der Waals surface area contributed by atoms with Gasteiger partial charge >= 0.3 is 5.97 Å². The maximum atomic E-state index is 11.6. The molecular weight excluding hydrogens is 250 g/mol. The summed E-state index contributed by atoms with van der Waals surface area (Å²) in [6.45, 7) is 7.06. The molecule has 0 radical (unpaired) electrons. The van der Waals surface area contributed by atoms with Crippen molar-refractivity contribution >= 4 is 17.7 Å². The van der Waals surface area contributed by atoms with Gasteiger partial charge in [-0.05, 0) is 25.5 Å². The summed E-state index contributed by atoms with van der Waals surface area (Å²) < 4.78 is 10.3. The lowest BCUT2D eigenvalue weighted by molar-refractivity contribution is -0.143. The largest absolute Gasteiger partial charge is 0.468 e. The standard InChI is InChI=1S/C13H25NO3S/c1-9(2)14-11(13(15)16-4)6-8-18-12-5-7-17-10(12)3/h9-12,14H,5-8H2,1-4H3. The van der Waals surface area contributed by atoms with Gasteiger partial charge in [0.15, 0.2) is 0 Å². The van der Waals surface area contributed by atoms with E-state index < -0.39 is 0 Å². The zero-order chi connectivity index (χ0) is 13.5. The molecule has 5 heteroatoms. The maximum absolute atomic E-state index is 11.6. The second-order valence-electron chi connectivity index (χ2n) is 4.96. The molecule has 0 aromatic carbocycles. The van der Waals surface area contributed by atoms with Gasteiger partial charge in [0.1, 0.15) is 6.04 Å². The summed E-state index contributed by atoms with van der Waals surface area (Å²) in [4.78, 5) is 11.6. The van der Waals surface area contributed by atoms with Gasteiger partial charge in [-0.3, -0.25) is 4.79 Å². The zero-order valence-corrected chi connectivity index (χ0v) is 12.6. The zero-order valence-electron chi connectivity index (χ0n) is 11.8. The van der Waals surface area contributed by atoms with Crippen molar-refractivity contribution in [3.8, 4) is 0 Å². The third-order valence-electron chi connectivity index (χ3n) is 3.07. The third-order valence-corrected chi connectivity index (χ3v) is 4.58. The molecule has 0 bridgehead atoms. The molecule has 1 rings (SSSR count). The molecular formula is C13H25NO3S. The quantitative estimate of drug-likeness (QED) is 0.718. The van der Waals surface area contributed by atoms with Crippen molar-refractivity contribution in [3.63, 3.8) is 0 Å². The second kappa shape index (κ2) is 8.02. The van der Waals surface area contributed by atoms with Gasteiger partial charge in [0, 0.05) is 17.9 Å². The van der Waals surface area contributed by atoms with Crippen molar-refractivity contribution in [3.05, 3.63) is 0 Å². The predicted octanol–water partition coefficient (Wildman–Crippen LogP) is 1.83. The van der Waals surface area contributed by atoms with Gasteiger partial charge in [-0.15, -0.1) is 0 Å². The number of rotatable bonds is 7. The molecule has 18 heavy (non-hydrogen) atoms. The molecule has 0 saturated carbocycles. The number of carbonyl (C=O) groups is 1. The first-order chi connectivity index (χ1) is 8.54. The molecule has 0 aromatic rings. The van der Waals surface area contributed by atoms with Gasteiger partial charge in [0.25, 0.3) is 0 Å². The minimum Gasteiger partial charge on any atom is -0.468 e. The Kier molecular flexibility index (Phi) is 7.04. The summed E-state index contributed by atoms with van der Waals surface area (Å²) in [5, 5.41) is 3.82. The van der Waals surface area contributed by atoms with Crippen LogP contribution in [-0.2, 0) is 14.3 Å². The van der Waals surface area contributed by atoms with Crippen LogP contribution in [0.5, 0.6) is 0 Å².